The summed E-state index contributed by atoms with van der Waals surface area (Å²) in [7, 11) is 0. The Hall–Kier alpha value is -1.88. The summed E-state index contributed by atoms with van der Waals surface area (Å²) in [6.45, 7) is 0.215. The van der Waals surface area contributed by atoms with Gasteiger partial charge in [0.25, 0.3) is 5.91 Å². The van der Waals surface area contributed by atoms with Crippen LogP contribution in [0.1, 0.15) is 36.0 Å². The van der Waals surface area contributed by atoms with Gasteiger partial charge in [-0.2, -0.15) is 0 Å². The highest BCUT2D eigenvalue weighted by Gasteiger charge is 2.31. The van der Waals surface area contributed by atoms with Crippen LogP contribution < -0.4 is 5.32 Å². The molecule has 5 heteroatoms. The highest BCUT2D eigenvalue weighted by atomic mass is 19.1. The molecule has 1 aliphatic rings. The summed E-state index contributed by atoms with van der Waals surface area (Å²) in [5.74, 6) is -0.782. The summed E-state index contributed by atoms with van der Waals surface area (Å²) in [4.78, 5) is 15.0. The van der Waals surface area contributed by atoms with Gasteiger partial charge in [-0.25, -0.2) is 4.39 Å². The van der Waals surface area contributed by atoms with Gasteiger partial charge >= 0.3 is 0 Å². The molecule has 0 spiro atoms. The van der Waals surface area contributed by atoms with Crippen LogP contribution in [0.25, 0.3) is 10.9 Å². The third-order valence-electron chi connectivity index (χ3n) is 4.01. The maximum absolute atomic E-state index is 13.8. The Labute approximate surface area is 116 Å². The van der Waals surface area contributed by atoms with Crippen molar-refractivity contribution in [1.29, 1.82) is 0 Å². The van der Waals surface area contributed by atoms with Gasteiger partial charge in [0.1, 0.15) is 5.82 Å². The van der Waals surface area contributed by atoms with E-state index in [-0.39, 0.29) is 18.0 Å². The van der Waals surface area contributed by atoms with Crippen LogP contribution in [0.4, 0.5) is 4.39 Å². The Morgan fingerprint density at radius 2 is 2.15 bits per heavy atom. The minimum atomic E-state index is -0.805. The molecule has 0 bridgehead atoms. The number of aromatic amines is 1. The number of fused-ring (bicyclic) bond motifs is 1. The number of hydrogen-bond donors (Lipinski definition) is 3. The Bertz CT molecular complexity index is 644. The molecule has 3 N–H and O–H groups in total. The molecule has 4 nitrogen and oxygen atoms in total. The summed E-state index contributed by atoms with van der Waals surface area (Å²) in [6.07, 6.45) is 4.87. The number of aliphatic hydroxyl groups is 1. The smallest absolute Gasteiger partial charge is 0.253 e. The first-order chi connectivity index (χ1) is 9.59. The van der Waals surface area contributed by atoms with Crippen molar-refractivity contribution < 1.29 is 14.3 Å². The first kappa shape index (κ1) is 13.1. The average Bonchev–Trinajstić information content (AvgIpc) is 3.04. The maximum Gasteiger partial charge on any atom is 0.253 e. The summed E-state index contributed by atoms with van der Waals surface area (Å²) in [5.41, 5.74) is 0.0646. The molecule has 1 amide bonds. The molecule has 0 aliphatic heterocycles. The van der Waals surface area contributed by atoms with E-state index in [2.05, 4.69) is 10.3 Å². The molecule has 3 rings (SSSR count). The molecule has 106 valence electrons. The normalized spacial score (nSPS) is 17.5. The Kier molecular flexibility index (Phi) is 3.22. The van der Waals surface area contributed by atoms with Gasteiger partial charge in [0, 0.05) is 23.6 Å². The monoisotopic (exact) mass is 276 g/mol. The van der Waals surface area contributed by atoms with Crippen molar-refractivity contribution in [2.24, 2.45) is 0 Å². The minimum Gasteiger partial charge on any atom is -0.388 e. The van der Waals surface area contributed by atoms with Gasteiger partial charge in [-0.3, -0.25) is 4.79 Å². The van der Waals surface area contributed by atoms with Crippen LogP contribution in [0.2, 0.25) is 0 Å². The number of nitrogens with one attached hydrogen (secondary N) is 2. The van der Waals surface area contributed by atoms with Crippen LogP contribution in [-0.2, 0) is 0 Å². The van der Waals surface area contributed by atoms with Crippen molar-refractivity contribution in [2.45, 2.75) is 31.3 Å². The second-order valence-electron chi connectivity index (χ2n) is 5.48. The molecule has 0 saturated heterocycles. The number of rotatable bonds is 3. The molecular formula is C15H17FN2O2. The van der Waals surface area contributed by atoms with Crippen LogP contribution in [0.15, 0.2) is 24.4 Å². The second kappa shape index (κ2) is 4.90. The SMILES string of the molecule is O=C(NCC1(O)CCCC1)c1c[nH]c2cccc(F)c12. The molecule has 1 aromatic carbocycles. The van der Waals surface area contributed by atoms with Crippen molar-refractivity contribution in [3.05, 3.63) is 35.8 Å². The maximum atomic E-state index is 13.8. The summed E-state index contributed by atoms with van der Waals surface area (Å²) in [6, 6.07) is 4.65. The van der Waals surface area contributed by atoms with Crippen LogP contribution >= 0.6 is 0 Å². The van der Waals surface area contributed by atoms with Gasteiger partial charge in [0.2, 0.25) is 0 Å². The number of amides is 1. The zero-order valence-corrected chi connectivity index (χ0v) is 11.1. The van der Waals surface area contributed by atoms with Gasteiger partial charge in [-0.1, -0.05) is 18.9 Å². The fraction of sp³-hybridized carbons (Fsp3) is 0.400. The van der Waals surface area contributed by atoms with Crippen molar-refractivity contribution in [2.75, 3.05) is 6.54 Å². The lowest BCUT2D eigenvalue weighted by atomic mass is 10.0. The Balaban J connectivity index is 1.79. The Morgan fingerprint density at radius 1 is 1.40 bits per heavy atom. The van der Waals surface area contributed by atoms with Crippen LogP contribution in [0.5, 0.6) is 0 Å². The molecule has 1 aromatic heterocycles. The van der Waals surface area contributed by atoms with Crippen LogP contribution in [0, 0.1) is 5.82 Å². The summed E-state index contributed by atoms with van der Waals surface area (Å²) in [5, 5.41) is 13.2. The Morgan fingerprint density at radius 3 is 2.90 bits per heavy atom. The molecule has 20 heavy (non-hydrogen) atoms. The molecule has 1 heterocycles. The van der Waals surface area contributed by atoms with Crippen LogP contribution in [-0.4, -0.2) is 28.1 Å². The van der Waals surface area contributed by atoms with E-state index < -0.39 is 11.4 Å². The van der Waals surface area contributed by atoms with Crippen molar-refractivity contribution in [1.82, 2.24) is 10.3 Å². The molecule has 1 saturated carbocycles. The molecule has 0 atom stereocenters. The predicted molar refractivity (Wildman–Crippen MR) is 74.0 cm³/mol. The van der Waals surface area contributed by atoms with Crippen molar-refractivity contribution >= 4 is 16.8 Å². The lowest BCUT2D eigenvalue weighted by molar-refractivity contribution is 0.0450. The van der Waals surface area contributed by atoms with Crippen molar-refractivity contribution in [3.8, 4) is 0 Å². The largest absolute Gasteiger partial charge is 0.388 e. The van der Waals surface area contributed by atoms with Crippen molar-refractivity contribution in [3.63, 3.8) is 0 Å². The molecule has 0 radical (unpaired) electrons. The van der Waals surface area contributed by atoms with E-state index >= 15 is 0 Å². The number of carbonyl (C=O) groups is 1. The number of halogens is 1. The van der Waals surface area contributed by atoms with Gasteiger partial charge in [-0.15, -0.1) is 0 Å². The average molecular weight is 276 g/mol. The third kappa shape index (κ3) is 2.29. The number of aromatic nitrogens is 1. The summed E-state index contributed by atoms with van der Waals surface area (Å²) < 4.78 is 13.8. The van der Waals surface area contributed by atoms with E-state index in [4.69, 9.17) is 0 Å². The quantitative estimate of drug-likeness (QED) is 0.805. The number of carbonyl (C=O) groups excluding carboxylic acids is 1. The molecule has 1 aliphatic carbocycles. The first-order valence-corrected chi connectivity index (χ1v) is 6.85. The van der Waals surface area contributed by atoms with Gasteiger partial charge in [0.05, 0.1) is 11.2 Å². The van der Waals surface area contributed by atoms with E-state index in [1.807, 2.05) is 0 Å². The highest BCUT2D eigenvalue weighted by molar-refractivity contribution is 6.06. The highest BCUT2D eigenvalue weighted by Crippen LogP contribution is 2.29. The second-order valence-corrected chi connectivity index (χ2v) is 5.48. The van der Waals surface area contributed by atoms with E-state index in [1.165, 1.54) is 12.3 Å². The topological polar surface area (TPSA) is 65.1 Å². The lowest BCUT2D eigenvalue weighted by Crippen LogP contribution is -2.40. The van der Waals surface area contributed by atoms with Gasteiger partial charge < -0.3 is 15.4 Å². The fourth-order valence-electron chi connectivity index (χ4n) is 2.87. The standard InChI is InChI=1S/C15H17FN2O2/c16-11-4-3-5-12-13(11)10(8-17-12)14(19)18-9-15(20)6-1-2-7-15/h3-5,8,17,20H,1-2,6-7,9H2,(H,18,19). The number of benzene rings is 1. The zero-order valence-electron chi connectivity index (χ0n) is 11.1. The van der Waals surface area contributed by atoms with E-state index in [1.54, 1.807) is 12.1 Å². The zero-order chi connectivity index (χ0) is 14.2. The predicted octanol–water partition coefficient (Wildman–Crippen LogP) is 2.34. The van der Waals surface area contributed by atoms with E-state index in [0.29, 0.717) is 23.7 Å². The number of hydrogen-bond acceptors (Lipinski definition) is 2. The van der Waals surface area contributed by atoms with E-state index in [9.17, 15) is 14.3 Å². The summed E-state index contributed by atoms with van der Waals surface area (Å²) >= 11 is 0. The molecular weight excluding hydrogens is 259 g/mol. The van der Waals surface area contributed by atoms with Gasteiger partial charge in [0.15, 0.2) is 0 Å². The number of H-pyrrole nitrogens is 1. The molecule has 1 fully saturated rings. The van der Waals surface area contributed by atoms with Gasteiger partial charge in [-0.05, 0) is 25.0 Å². The third-order valence-corrected chi connectivity index (χ3v) is 4.01. The minimum absolute atomic E-state index is 0.215. The van der Waals surface area contributed by atoms with E-state index in [0.717, 1.165) is 12.8 Å². The fourth-order valence-corrected chi connectivity index (χ4v) is 2.87. The van der Waals surface area contributed by atoms with Crippen LogP contribution in [0.3, 0.4) is 0 Å². The lowest BCUT2D eigenvalue weighted by Gasteiger charge is -2.22. The molecule has 2 aromatic rings. The first-order valence-electron chi connectivity index (χ1n) is 6.85. The molecule has 0 unspecified atom stereocenters.